The summed E-state index contributed by atoms with van der Waals surface area (Å²) in [6.45, 7) is -0.283. The molecular formula is C19H18O7. The van der Waals surface area contributed by atoms with Gasteiger partial charge in [0.15, 0.2) is 12.4 Å². The first-order valence-electron chi connectivity index (χ1n) is 8.06. The van der Waals surface area contributed by atoms with Crippen LogP contribution >= 0.6 is 0 Å². The first kappa shape index (κ1) is 18.1. The molecule has 0 unspecified atom stereocenters. The standard InChI is InChI=1S/C19H18O7/c20-15-16(26-18(22)13-9-5-2-6-10-13)14(25-19(15)23)11-24-17(21)12-7-3-1-4-8-12/h1-10,14-16,19-20,23H,11H2/t14-,15-,16-,19-/m0/s1. The van der Waals surface area contributed by atoms with Gasteiger partial charge in [-0.3, -0.25) is 0 Å². The molecule has 0 spiro atoms. The van der Waals surface area contributed by atoms with E-state index in [-0.39, 0.29) is 6.61 Å². The van der Waals surface area contributed by atoms with Gasteiger partial charge in [-0.2, -0.15) is 0 Å². The average Bonchev–Trinajstić information content (AvgIpc) is 2.95. The predicted octanol–water partition coefficient (Wildman–Crippen LogP) is 1.15. The number of hydrogen-bond donors (Lipinski definition) is 2. The topological polar surface area (TPSA) is 102 Å². The quantitative estimate of drug-likeness (QED) is 0.773. The summed E-state index contributed by atoms with van der Waals surface area (Å²) in [4.78, 5) is 24.2. The van der Waals surface area contributed by atoms with Crippen molar-refractivity contribution in [3.8, 4) is 0 Å². The van der Waals surface area contributed by atoms with Gasteiger partial charge in [0.25, 0.3) is 0 Å². The number of benzene rings is 2. The van der Waals surface area contributed by atoms with Crippen LogP contribution in [0, 0.1) is 0 Å². The molecule has 26 heavy (non-hydrogen) atoms. The van der Waals surface area contributed by atoms with Crippen LogP contribution in [0.3, 0.4) is 0 Å². The number of hydrogen-bond acceptors (Lipinski definition) is 7. The van der Waals surface area contributed by atoms with Gasteiger partial charge in [0.05, 0.1) is 11.1 Å². The third-order valence-corrected chi connectivity index (χ3v) is 3.95. The van der Waals surface area contributed by atoms with E-state index in [9.17, 15) is 19.8 Å². The maximum absolute atomic E-state index is 12.2. The van der Waals surface area contributed by atoms with Crippen molar-refractivity contribution in [3.05, 3.63) is 71.8 Å². The number of carbonyl (C=O) groups excluding carboxylic acids is 2. The second-order valence-corrected chi connectivity index (χ2v) is 5.76. The van der Waals surface area contributed by atoms with Gasteiger partial charge < -0.3 is 24.4 Å². The van der Waals surface area contributed by atoms with Crippen LogP contribution in [0.5, 0.6) is 0 Å². The summed E-state index contributed by atoms with van der Waals surface area (Å²) >= 11 is 0. The van der Waals surface area contributed by atoms with Gasteiger partial charge in [0.1, 0.15) is 18.8 Å². The lowest BCUT2D eigenvalue weighted by molar-refractivity contribution is -0.133. The Labute approximate surface area is 149 Å². The van der Waals surface area contributed by atoms with Gasteiger partial charge in [0, 0.05) is 0 Å². The van der Waals surface area contributed by atoms with Crippen LogP contribution in [0.4, 0.5) is 0 Å². The molecule has 1 aliphatic heterocycles. The SMILES string of the molecule is O=C(OC[C@@H]1O[C@H](O)[C@@H](O)[C@H]1OC(=O)c1ccccc1)c1ccccc1. The zero-order chi connectivity index (χ0) is 18.5. The van der Waals surface area contributed by atoms with E-state index in [0.29, 0.717) is 11.1 Å². The molecule has 0 amide bonds. The summed E-state index contributed by atoms with van der Waals surface area (Å²) in [5, 5.41) is 19.7. The van der Waals surface area contributed by atoms with Crippen molar-refractivity contribution in [3.63, 3.8) is 0 Å². The molecule has 2 aromatic carbocycles. The van der Waals surface area contributed by atoms with E-state index in [1.54, 1.807) is 60.7 Å². The molecule has 0 bridgehead atoms. The van der Waals surface area contributed by atoms with E-state index < -0.39 is 36.5 Å². The smallest absolute Gasteiger partial charge is 0.338 e. The number of rotatable bonds is 5. The van der Waals surface area contributed by atoms with Crippen molar-refractivity contribution in [2.75, 3.05) is 6.61 Å². The van der Waals surface area contributed by atoms with Crippen molar-refractivity contribution in [1.82, 2.24) is 0 Å². The van der Waals surface area contributed by atoms with E-state index in [1.807, 2.05) is 0 Å². The van der Waals surface area contributed by atoms with Crippen LogP contribution in [-0.4, -0.2) is 53.4 Å². The number of aliphatic hydroxyl groups excluding tert-OH is 2. The summed E-state index contributed by atoms with van der Waals surface area (Å²) in [6, 6.07) is 16.6. The predicted molar refractivity (Wildman–Crippen MR) is 89.3 cm³/mol. The maximum Gasteiger partial charge on any atom is 0.338 e. The van der Waals surface area contributed by atoms with Gasteiger partial charge in [-0.1, -0.05) is 36.4 Å². The first-order chi connectivity index (χ1) is 12.6. The Kier molecular flexibility index (Phi) is 5.62. The van der Waals surface area contributed by atoms with Crippen molar-refractivity contribution in [1.29, 1.82) is 0 Å². The first-order valence-corrected chi connectivity index (χ1v) is 8.06. The number of aliphatic hydroxyl groups is 2. The third kappa shape index (κ3) is 4.08. The molecule has 0 aliphatic carbocycles. The highest BCUT2D eigenvalue weighted by molar-refractivity contribution is 5.90. The highest BCUT2D eigenvalue weighted by atomic mass is 16.7. The van der Waals surface area contributed by atoms with Crippen LogP contribution in [-0.2, 0) is 14.2 Å². The molecule has 0 saturated carbocycles. The Balaban J connectivity index is 1.63. The van der Waals surface area contributed by atoms with E-state index in [0.717, 1.165) is 0 Å². The number of carbonyl (C=O) groups is 2. The molecule has 7 heteroatoms. The fourth-order valence-corrected chi connectivity index (χ4v) is 2.58. The molecule has 4 atom stereocenters. The van der Waals surface area contributed by atoms with Gasteiger partial charge in [0.2, 0.25) is 0 Å². The van der Waals surface area contributed by atoms with Crippen LogP contribution in [0.2, 0.25) is 0 Å². The second kappa shape index (κ2) is 8.09. The Bertz CT molecular complexity index is 747. The van der Waals surface area contributed by atoms with Crippen LogP contribution < -0.4 is 0 Å². The van der Waals surface area contributed by atoms with Crippen molar-refractivity contribution in [2.24, 2.45) is 0 Å². The van der Waals surface area contributed by atoms with Gasteiger partial charge in [-0.05, 0) is 24.3 Å². The highest BCUT2D eigenvalue weighted by Gasteiger charge is 2.46. The van der Waals surface area contributed by atoms with Crippen LogP contribution in [0.25, 0.3) is 0 Å². The van der Waals surface area contributed by atoms with E-state index in [1.165, 1.54) is 0 Å². The molecule has 0 aromatic heterocycles. The molecule has 1 aliphatic rings. The van der Waals surface area contributed by atoms with Crippen LogP contribution in [0.1, 0.15) is 20.7 Å². The molecule has 2 aromatic rings. The van der Waals surface area contributed by atoms with Crippen molar-refractivity contribution in [2.45, 2.75) is 24.6 Å². The molecule has 1 saturated heterocycles. The minimum atomic E-state index is -1.54. The van der Waals surface area contributed by atoms with Gasteiger partial charge >= 0.3 is 11.9 Å². The fourth-order valence-electron chi connectivity index (χ4n) is 2.58. The molecule has 1 fully saturated rings. The zero-order valence-electron chi connectivity index (χ0n) is 13.7. The molecule has 1 heterocycles. The van der Waals surface area contributed by atoms with Gasteiger partial charge in [-0.15, -0.1) is 0 Å². The number of ether oxygens (including phenoxy) is 3. The lowest BCUT2D eigenvalue weighted by Crippen LogP contribution is -2.39. The Hall–Kier alpha value is -2.74. The molecule has 2 N–H and O–H groups in total. The maximum atomic E-state index is 12.2. The Morgan fingerprint density at radius 3 is 2.00 bits per heavy atom. The molecule has 0 radical (unpaired) electrons. The molecule has 136 valence electrons. The molecular weight excluding hydrogens is 340 g/mol. The zero-order valence-corrected chi connectivity index (χ0v) is 13.7. The summed E-state index contributed by atoms with van der Waals surface area (Å²) < 4.78 is 15.6. The van der Waals surface area contributed by atoms with Crippen molar-refractivity contribution < 1.29 is 34.0 Å². The van der Waals surface area contributed by atoms with E-state index >= 15 is 0 Å². The summed E-state index contributed by atoms with van der Waals surface area (Å²) in [5.41, 5.74) is 0.644. The van der Waals surface area contributed by atoms with E-state index in [2.05, 4.69) is 0 Å². The molecule has 3 rings (SSSR count). The van der Waals surface area contributed by atoms with E-state index in [4.69, 9.17) is 14.2 Å². The fraction of sp³-hybridized carbons (Fsp3) is 0.263. The normalized spacial score (nSPS) is 24.8. The minimum Gasteiger partial charge on any atom is -0.459 e. The average molecular weight is 358 g/mol. The Morgan fingerprint density at radius 1 is 0.885 bits per heavy atom. The summed E-state index contributed by atoms with van der Waals surface area (Å²) in [5.74, 6) is -1.26. The summed E-state index contributed by atoms with van der Waals surface area (Å²) in [7, 11) is 0. The lowest BCUT2D eigenvalue weighted by Gasteiger charge is -2.20. The third-order valence-electron chi connectivity index (χ3n) is 3.95. The summed E-state index contributed by atoms with van der Waals surface area (Å²) in [6.07, 6.45) is -5.13. The van der Waals surface area contributed by atoms with Crippen LogP contribution in [0.15, 0.2) is 60.7 Å². The minimum absolute atomic E-state index is 0.283. The largest absolute Gasteiger partial charge is 0.459 e. The second-order valence-electron chi connectivity index (χ2n) is 5.76. The monoisotopic (exact) mass is 358 g/mol. The Morgan fingerprint density at radius 2 is 1.42 bits per heavy atom. The highest BCUT2D eigenvalue weighted by Crippen LogP contribution is 2.24. The van der Waals surface area contributed by atoms with Gasteiger partial charge in [-0.25, -0.2) is 9.59 Å². The molecule has 7 nitrogen and oxygen atoms in total. The lowest BCUT2D eigenvalue weighted by atomic mass is 10.1. The number of esters is 2. The van der Waals surface area contributed by atoms with Crippen molar-refractivity contribution >= 4 is 11.9 Å².